The van der Waals surface area contributed by atoms with Crippen molar-refractivity contribution in [2.24, 2.45) is 0 Å². The first-order valence-electron chi connectivity index (χ1n) is 4.24. The smallest absolute Gasteiger partial charge is 0.325 e. The molecule has 0 heterocycles. The molecular weight excluding hydrogens is 262 g/mol. The molecule has 0 saturated carbocycles. The van der Waals surface area contributed by atoms with Crippen LogP contribution in [-0.4, -0.2) is 25.5 Å². The summed E-state index contributed by atoms with van der Waals surface area (Å²) in [7, 11) is 1.27. The number of nitrogens with one attached hydrogen (secondary N) is 1. The normalized spacial score (nSPS) is 9.47. The number of benzene rings is 1. The molecule has 0 fully saturated rings. The van der Waals surface area contributed by atoms with Crippen molar-refractivity contribution in [1.82, 2.24) is 5.32 Å². The van der Waals surface area contributed by atoms with Gasteiger partial charge in [0, 0.05) is 4.47 Å². The van der Waals surface area contributed by atoms with Gasteiger partial charge in [-0.15, -0.1) is 0 Å². The third-order valence-electron chi connectivity index (χ3n) is 1.74. The molecule has 0 aliphatic rings. The van der Waals surface area contributed by atoms with Crippen LogP contribution in [0.1, 0.15) is 10.4 Å². The van der Waals surface area contributed by atoms with Crippen molar-refractivity contribution in [2.45, 2.75) is 0 Å². The maximum absolute atomic E-state index is 11.5. The maximum Gasteiger partial charge on any atom is 0.325 e. The molecule has 0 saturated heterocycles. The van der Waals surface area contributed by atoms with Crippen LogP contribution in [0.15, 0.2) is 28.7 Å². The van der Waals surface area contributed by atoms with E-state index in [-0.39, 0.29) is 12.5 Å². The van der Waals surface area contributed by atoms with Crippen LogP contribution in [0.25, 0.3) is 0 Å². The van der Waals surface area contributed by atoms with Gasteiger partial charge in [-0.25, -0.2) is 0 Å². The minimum absolute atomic E-state index is 0.128. The van der Waals surface area contributed by atoms with Crippen LogP contribution in [0.4, 0.5) is 0 Å². The number of esters is 1. The number of methoxy groups -OCH3 is 1. The summed E-state index contributed by atoms with van der Waals surface area (Å²) in [6, 6.07) is 6.97. The highest BCUT2D eigenvalue weighted by Crippen LogP contribution is 2.15. The third kappa shape index (κ3) is 3.36. The first-order chi connectivity index (χ1) is 7.15. The topological polar surface area (TPSA) is 55.4 Å². The first kappa shape index (κ1) is 11.7. The Balaban J connectivity index is 2.62. The van der Waals surface area contributed by atoms with Crippen molar-refractivity contribution in [3.63, 3.8) is 0 Å². The summed E-state index contributed by atoms with van der Waals surface area (Å²) in [5.41, 5.74) is 0.487. The van der Waals surface area contributed by atoms with Gasteiger partial charge in [-0.3, -0.25) is 9.59 Å². The number of rotatable bonds is 3. The van der Waals surface area contributed by atoms with Crippen LogP contribution >= 0.6 is 15.9 Å². The zero-order valence-electron chi connectivity index (χ0n) is 8.12. The number of carbonyl (C=O) groups excluding carboxylic acids is 2. The Bertz CT molecular complexity index is 379. The Labute approximate surface area is 95.7 Å². The van der Waals surface area contributed by atoms with E-state index in [0.29, 0.717) is 10.0 Å². The maximum atomic E-state index is 11.5. The predicted molar refractivity (Wildman–Crippen MR) is 58.5 cm³/mol. The van der Waals surface area contributed by atoms with E-state index in [1.165, 1.54) is 7.11 Å². The average molecular weight is 272 g/mol. The molecule has 0 bridgehead atoms. The van der Waals surface area contributed by atoms with E-state index in [9.17, 15) is 9.59 Å². The van der Waals surface area contributed by atoms with E-state index in [4.69, 9.17) is 0 Å². The largest absolute Gasteiger partial charge is 0.468 e. The highest BCUT2D eigenvalue weighted by Gasteiger charge is 2.10. The molecule has 0 aliphatic carbocycles. The summed E-state index contributed by atoms with van der Waals surface area (Å²) in [5.74, 6) is -0.789. The minimum Gasteiger partial charge on any atom is -0.468 e. The zero-order chi connectivity index (χ0) is 11.3. The van der Waals surface area contributed by atoms with Crippen LogP contribution in [0.3, 0.4) is 0 Å². The lowest BCUT2D eigenvalue weighted by Crippen LogP contribution is -2.30. The number of hydrogen-bond donors (Lipinski definition) is 1. The van der Waals surface area contributed by atoms with Crippen molar-refractivity contribution in [2.75, 3.05) is 13.7 Å². The van der Waals surface area contributed by atoms with Crippen LogP contribution in [0.5, 0.6) is 0 Å². The van der Waals surface area contributed by atoms with Crippen molar-refractivity contribution in [1.29, 1.82) is 0 Å². The lowest BCUT2D eigenvalue weighted by atomic mass is 10.2. The van der Waals surface area contributed by atoms with Crippen LogP contribution < -0.4 is 5.32 Å². The summed E-state index contributed by atoms with van der Waals surface area (Å²) in [5, 5.41) is 2.45. The first-order valence-corrected chi connectivity index (χ1v) is 5.04. The SMILES string of the molecule is COC(=O)CNC(=O)c1ccccc1Br. The molecule has 1 aromatic carbocycles. The van der Waals surface area contributed by atoms with E-state index >= 15 is 0 Å². The fraction of sp³-hybridized carbons (Fsp3) is 0.200. The molecule has 0 atom stereocenters. The molecule has 1 aromatic rings. The van der Waals surface area contributed by atoms with Crippen molar-refractivity contribution >= 4 is 27.8 Å². The number of amides is 1. The molecule has 0 radical (unpaired) electrons. The van der Waals surface area contributed by atoms with Gasteiger partial charge >= 0.3 is 5.97 Å². The molecule has 0 unspecified atom stereocenters. The Morgan fingerprint density at radius 3 is 2.67 bits per heavy atom. The van der Waals surface area contributed by atoms with Gasteiger partial charge in [0.1, 0.15) is 6.54 Å². The summed E-state index contributed by atoms with van der Waals surface area (Å²) in [6.07, 6.45) is 0. The quantitative estimate of drug-likeness (QED) is 0.845. The van der Waals surface area contributed by atoms with Gasteiger partial charge in [0.2, 0.25) is 0 Å². The van der Waals surface area contributed by atoms with E-state index in [2.05, 4.69) is 26.0 Å². The molecular formula is C10H10BrNO3. The van der Waals surface area contributed by atoms with E-state index in [1.807, 2.05) is 0 Å². The lowest BCUT2D eigenvalue weighted by molar-refractivity contribution is -0.139. The van der Waals surface area contributed by atoms with Gasteiger partial charge in [0.05, 0.1) is 12.7 Å². The molecule has 1 N–H and O–H groups in total. The third-order valence-corrected chi connectivity index (χ3v) is 2.43. The summed E-state index contributed by atoms with van der Waals surface area (Å²) in [6.45, 7) is -0.128. The molecule has 0 aliphatic heterocycles. The van der Waals surface area contributed by atoms with Crippen LogP contribution in [0, 0.1) is 0 Å². The van der Waals surface area contributed by atoms with Crippen molar-refractivity contribution in [3.8, 4) is 0 Å². The van der Waals surface area contributed by atoms with Crippen molar-refractivity contribution < 1.29 is 14.3 Å². The number of carbonyl (C=O) groups is 2. The fourth-order valence-electron chi connectivity index (χ4n) is 0.965. The Morgan fingerprint density at radius 2 is 2.07 bits per heavy atom. The lowest BCUT2D eigenvalue weighted by Gasteiger charge is -2.05. The minimum atomic E-state index is -0.476. The highest BCUT2D eigenvalue weighted by molar-refractivity contribution is 9.10. The fourth-order valence-corrected chi connectivity index (χ4v) is 1.43. The summed E-state index contributed by atoms with van der Waals surface area (Å²) < 4.78 is 5.09. The number of hydrogen-bond acceptors (Lipinski definition) is 3. The second-order valence-corrected chi connectivity index (χ2v) is 3.59. The Hall–Kier alpha value is -1.36. The monoisotopic (exact) mass is 271 g/mol. The molecule has 1 amide bonds. The summed E-state index contributed by atoms with van der Waals surface area (Å²) in [4.78, 5) is 22.3. The van der Waals surface area contributed by atoms with Crippen LogP contribution in [-0.2, 0) is 9.53 Å². The standard InChI is InChI=1S/C10H10BrNO3/c1-15-9(13)6-12-10(14)7-4-2-3-5-8(7)11/h2-5H,6H2,1H3,(H,12,14). The molecule has 5 heteroatoms. The molecule has 0 aromatic heterocycles. The number of halogens is 1. The molecule has 4 nitrogen and oxygen atoms in total. The average Bonchev–Trinajstić information content (AvgIpc) is 2.26. The molecule has 80 valence electrons. The predicted octanol–water partition coefficient (Wildman–Crippen LogP) is 1.35. The zero-order valence-corrected chi connectivity index (χ0v) is 9.71. The highest BCUT2D eigenvalue weighted by atomic mass is 79.9. The number of ether oxygens (including phenoxy) is 1. The van der Waals surface area contributed by atoms with Gasteiger partial charge in [-0.1, -0.05) is 12.1 Å². The molecule has 15 heavy (non-hydrogen) atoms. The van der Waals surface area contributed by atoms with E-state index in [1.54, 1.807) is 24.3 Å². The van der Waals surface area contributed by atoms with Gasteiger partial charge in [0.25, 0.3) is 5.91 Å². The van der Waals surface area contributed by atoms with Crippen LogP contribution in [0.2, 0.25) is 0 Å². The van der Waals surface area contributed by atoms with E-state index < -0.39 is 5.97 Å². The molecule has 1 rings (SSSR count). The Kier molecular flexibility index (Phi) is 4.30. The second kappa shape index (κ2) is 5.50. The van der Waals surface area contributed by atoms with Gasteiger partial charge in [0.15, 0.2) is 0 Å². The second-order valence-electron chi connectivity index (χ2n) is 2.74. The summed E-state index contributed by atoms with van der Waals surface area (Å²) >= 11 is 3.24. The van der Waals surface area contributed by atoms with Crippen molar-refractivity contribution in [3.05, 3.63) is 34.3 Å². The van der Waals surface area contributed by atoms with E-state index in [0.717, 1.165) is 0 Å². The van der Waals surface area contributed by atoms with Gasteiger partial charge < -0.3 is 10.1 Å². The Morgan fingerprint density at radius 1 is 1.40 bits per heavy atom. The van der Waals surface area contributed by atoms with Gasteiger partial charge in [-0.2, -0.15) is 0 Å². The van der Waals surface area contributed by atoms with Gasteiger partial charge in [-0.05, 0) is 28.1 Å². The molecule has 0 spiro atoms.